The molecule has 1 N–H and O–H groups in total. The lowest BCUT2D eigenvalue weighted by Crippen LogP contribution is -2.23. The Morgan fingerprint density at radius 1 is 1.09 bits per heavy atom. The third-order valence-electron chi connectivity index (χ3n) is 4.61. The molecule has 0 aliphatic carbocycles. The first-order chi connectivity index (χ1) is 15.5. The van der Waals surface area contributed by atoms with E-state index in [1.807, 2.05) is 0 Å². The Balaban J connectivity index is 1.66. The number of hydrogen-bond donors (Lipinski definition) is 1. The third-order valence-corrected chi connectivity index (χ3v) is 5.55. The van der Waals surface area contributed by atoms with Gasteiger partial charge in [0, 0.05) is 6.07 Å². The molecule has 9 heteroatoms. The van der Waals surface area contributed by atoms with Gasteiger partial charge in [0.1, 0.15) is 17.4 Å². The highest BCUT2D eigenvalue weighted by atomic mass is 32.2. The Hall–Kier alpha value is -3.72. The lowest BCUT2D eigenvalue weighted by atomic mass is 10.2. The van der Waals surface area contributed by atoms with Crippen molar-refractivity contribution in [1.82, 2.24) is 9.55 Å². The Morgan fingerprint density at radius 2 is 1.84 bits per heavy atom. The van der Waals surface area contributed by atoms with Gasteiger partial charge in [-0.3, -0.25) is 14.2 Å². The van der Waals surface area contributed by atoms with Crippen molar-refractivity contribution < 1.29 is 18.3 Å². The van der Waals surface area contributed by atoms with Gasteiger partial charge in [-0.25, -0.2) is 13.8 Å². The van der Waals surface area contributed by atoms with Crippen LogP contribution in [0.2, 0.25) is 0 Å². The molecule has 32 heavy (non-hydrogen) atoms. The zero-order valence-electron chi connectivity index (χ0n) is 16.8. The van der Waals surface area contributed by atoms with E-state index in [0.717, 1.165) is 23.9 Å². The van der Waals surface area contributed by atoms with Gasteiger partial charge >= 0.3 is 0 Å². The van der Waals surface area contributed by atoms with Crippen molar-refractivity contribution >= 4 is 34.3 Å². The maximum Gasteiger partial charge on any atom is 0.266 e. The van der Waals surface area contributed by atoms with Gasteiger partial charge in [0.05, 0.1) is 35.1 Å². The number of fused-ring (bicyclic) bond motifs is 1. The van der Waals surface area contributed by atoms with Crippen molar-refractivity contribution in [2.24, 2.45) is 0 Å². The van der Waals surface area contributed by atoms with Gasteiger partial charge in [0.15, 0.2) is 5.16 Å². The average molecular weight is 453 g/mol. The van der Waals surface area contributed by atoms with Crippen LogP contribution in [0.5, 0.6) is 5.75 Å². The Bertz CT molecular complexity index is 1360. The van der Waals surface area contributed by atoms with Crippen molar-refractivity contribution in [3.63, 3.8) is 0 Å². The SMILES string of the molecule is COc1ccc(-n2c(SCC(=O)Nc3ccc(F)cc3F)nc3ccccc3c2=O)cc1. The molecule has 6 nitrogen and oxygen atoms in total. The number of methoxy groups -OCH3 is 1. The molecule has 1 aromatic heterocycles. The van der Waals surface area contributed by atoms with E-state index in [1.54, 1.807) is 55.6 Å². The number of halogens is 2. The van der Waals surface area contributed by atoms with Crippen LogP contribution in [-0.2, 0) is 4.79 Å². The highest BCUT2D eigenvalue weighted by Gasteiger charge is 2.16. The predicted octanol–water partition coefficient (Wildman–Crippen LogP) is 4.40. The van der Waals surface area contributed by atoms with E-state index in [-0.39, 0.29) is 17.0 Å². The van der Waals surface area contributed by atoms with E-state index in [4.69, 9.17) is 4.74 Å². The normalized spacial score (nSPS) is 10.8. The van der Waals surface area contributed by atoms with Gasteiger partial charge in [0.25, 0.3) is 5.56 Å². The summed E-state index contributed by atoms with van der Waals surface area (Å²) in [5, 5.41) is 3.14. The average Bonchev–Trinajstić information content (AvgIpc) is 2.80. The largest absolute Gasteiger partial charge is 0.497 e. The summed E-state index contributed by atoms with van der Waals surface area (Å²) in [7, 11) is 1.54. The van der Waals surface area contributed by atoms with Crippen molar-refractivity contribution in [3.05, 3.63) is 88.7 Å². The standard InChI is InChI=1S/C23H17F2N3O3S/c1-31-16-9-7-15(8-10-16)28-22(30)17-4-2-3-5-19(17)27-23(28)32-13-21(29)26-20-11-6-14(24)12-18(20)25/h2-12H,13H2,1H3,(H,26,29). The van der Waals surface area contributed by atoms with E-state index in [2.05, 4.69) is 10.3 Å². The number of anilines is 1. The molecule has 0 spiro atoms. The molecular formula is C23H17F2N3O3S. The number of aromatic nitrogens is 2. The molecule has 0 atom stereocenters. The summed E-state index contributed by atoms with van der Waals surface area (Å²) in [4.78, 5) is 30.1. The minimum Gasteiger partial charge on any atom is -0.497 e. The van der Waals surface area contributed by atoms with Crippen LogP contribution in [0.4, 0.5) is 14.5 Å². The van der Waals surface area contributed by atoms with Gasteiger partial charge in [0.2, 0.25) is 5.91 Å². The van der Waals surface area contributed by atoms with Crippen molar-refractivity contribution in [3.8, 4) is 11.4 Å². The third kappa shape index (κ3) is 4.47. The van der Waals surface area contributed by atoms with Gasteiger partial charge in [-0.1, -0.05) is 23.9 Å². The van der Waals surface area contributed by atoms with E-state index in [1.165, 1.54) is 4.57 Å². The number of nitrogens with zero attached hydrogens (tertiary/aromatic N) is 2. The van der Waals surface area contributed by atoms with Gasteiger partial charge in [-0.2, -0.15) is 0 Å². The first kappa shape index (κ1) is 21.5. The number of carbonyl (C=O) groups is 1. The van der Waals surface area contributed by atoms with E-state index >= 15 is 0 Å². The molecule has 3 aromatic carbocycles. The van der Waals surface area contributed by atoms with Crippen LogP contribution in [-0.4, -0.2) is 28.3 Å². The lowest BCUT2D eigenvalue weighted by Gasteiger charge is -2.14. The number of ether oxygens (including phenoxy) is 1. The topological polar surface area (TPSA) is 73.2 Å². The van der Waals surface area contributed by atoms with Crippen molar-refractivity contribution in [2.45, 2.75) is 5.16 Å². The highest BCUT2D eigenvalue weighted by Crippen LogP contribution is 2.23. The molecule has 0 saturated carbocycles. The number of thioether (sulfide) groups is 1. The van der Waals surface area contributed by atoms with Crippen LogP contribution in [0.15, 0.2) is 76.7 Å². The first-order valence-electron chi connectivity index (χ1n) is 9.50. The summed E-state index contributed by atoms with van der Waals surface area (Å²) in [6.45, 7) is 0. The fourth-order valence-electron chi connectivity index (χ4n) is 3.08. The summed E-state index contributed by atoms with van der Waals surface area (Å²) in [6.07, 6.45) is 0. The lowest BCUT2D eigenvalue weighted by molar-refractivity contribution is -0.113. The number of rotatable bonds is 6. The molecule has 162 valence electrons. The van der Waals surface area contributed by atoms with E-state index < -0.39 is 17.5 Å². The van der Waals surface area contributed by atoms with Crippen LogP contribution in [0.1, 0.15) is 0 Å². The zero-order chi connectivity index (χ0) is 22.7. The molecule has 0 aliphatic heterocycles. The number of para-hydroxylation sites is 1. The molecule has 4 aromatic rings. The Kier molecular flexibility index (Phi) is 6.18. The molecule has 0 saturated heterocycles. The number of benzene rings is 3. The molecule has 1 heterocycles. The number of nitrogens with one attached hydrogen (secondary N) is 1. The summed E-state index contributed by atoms with van der Waals surface area (Å²) in [6, 6.07) is 16.7. The fourth-order valence-corrected chi connectivity index (χ4v) is 3.89. The second kappa shape index (κ2) is 9.19. The molecule has 0 unspecified atom stereocenters. The maximum absolute atomic E-state index is 13.8. The second-order valence-electron chi connectivity index (χ2n) is 6.71. The number of carbonyl (C=O) groups excluding carboxylic acids is 1. The Labute approximate surface area is 185 Å². The second-order valence-corrected chi connectivity index (χ2v) is 7.65. The minimum absolute atomic E-state index is 0.129. The maximum atomic E-state index is 13.8. The summed E-state index contributed by atoms with van der Waals surface area (Å²) in [5.41, 5.74) is 0.639. The van der Waals surface area contributed by atoms with Crippen LogP contribution in [0.25, 0.3) is 16.6 Å². The highest BCUT2D eigenvalue weighted by molar-refractivity contribution is 7.99. The molecule has 0 fully saturated rings. The molecular weight excluding hydrogens is 436 g/mol. The molecule has 0 bridgehead atoms. The predicted molar refractivity (Wildman–Crippen MR) is 120 cm³/mol. The van der Waals surface area contributed by atoms with E-state index in [0.29, 0.717) is 33.6 Å². The van der Waals surface area contributed by atoms with Crippen LogP contribution >= 0.6 is 11.8 Å². The van der Waals surface area contributed by atoms with Gasteiger partial charge in [-0.15, -0.1) is 0 Å². The summed E-state index contributed by atoms with van der Waals surface area (Å²) < 4.78 is 33.5. The van der Waals surface area contributed by atoms with Crippen LogP contribution in [0, 0.1) is 11.6 Å². The zero-order valence-corrected chi connectivity index (χ0v) is 17.7. The number of amides is 1. The smallest absolute Gasteiger partial charge is 0.266 e. The van der Waals surface area contributed by atoms with Gasteiger partial charge in [-0.05, 0) is 48.5 Å². The summed E-state index contributed by atoms with van der Waals surface area (Å²) >= 11 is 1.03. The van der Waals surface area contributed by atoms with Crippen LogP contribution < -0.4 is 15.6 Å². The summed E-state index contributed by atoms with van der Waals surface area (Å²) in [5.74, 6) is -1.65. The van der Waals surface area contributed by atoms with Gasteiger partial charge < -0.3 is 10.1 Å². The van der Waals surface area contributed by atoms with Crippen LogP contribution in [0.3, 0.4) is 0 Å². The molecule has 4 rings (SSSR count). The first-order valence-corrected chi connectivity index (χ1v) is 10.5. The minimum atomic E-state index is -0.873. The quantitative estimate of drug-likeness (QED) is 0.346. The number of hydrogen-bond acceptors (Lipinski definition) is 5. The Morgan fingerprint density at radius 3 is 2.56 bits per heavy atom. The monoisotopic (exact) mass is 453 g/mol. The van der Waals surface area contributed by atoms with Crippen molar-refractivity contribution in [1.29, 1.82) is 0 Å². The molecule has 0 aliphatic rings. The van der Waals surface area contributed by atoms with Crippen molar-refractivity contribution in [2.75, 3.05) is 18.2 Å². The fraction of sp³-hybridized carbons (Fsp3) is 0.0870. The molecule has 0 radical (unpaired) electrons. The molecule has 1 amide bonds. The van der Waals surface area contributed by atoms with E-state index in [9.17, 15) is 18.4 Å².